The number of nitrogens with zero attached hydrogens (tertiary/aromatic N) is 1. The van der Waals surface area contributed by atoms with Crippen molar-refractivity contribution in [1.82, 2.24) is 0 Å². The Bertz CT molecular complexity index is 1280. The van der Waals surface area contributed by atoms with Crippen LogP contribution < -0.4 is 14.4 Å². The van der Waals surface area contributed by atoms with Gasteiger partial charge >= 0.3 is 0 Å². The summed E-state index contributed by atoms with van der Waals surface area (Å²) in [5.41, 5.74) is 2.87. The SMILES string of the molecule is CCOc1ccc(/C(O)=C2\C(=O)C(=O)N(c3cccc(OCC)c3)C2c2ccc(C(C)C)cc2)cc1. The zero-order chi connectivity index (χ0) is 25.8. The number of rotatable bonds is 8. The summed E-state index contributed by atoms with van der Waals surface area (Å²) >= 11 is 0. The predicted octanol–water partition coefficient (Wildman–Crippen LogP) is 6.23. The highest BCUT2D eigenvalue weighted by Gasteiger charge is 2.47. The highest BCUT2D eigenvalue weighted by molar-refractivity contribution is 6.51. The first kappa shape index (κ1) is 25.0. The van der Waals surface area contributed by atoms with Gasteiger partial charge in [0.05, 0.1) is 24.8 Å². The van der Waals surface area contributed by atoms with Gasteiger partial charge < -0.3 is 14.6 Å². The van der Waals surface area contributed by atoms with E-state index in [9.17, 15) is 14.7 Å². The first-order chi connectivity index (χ1) is 17.3. The molecular formula is C30H31NO5. The van der Waals surface area contributed by atoms with Gasteiger partial charge in [-0.25, -0.2) is 0 Å². The van der Waals surface area contributed by atoms with Crippen molar-refractivity contribution in [2.24, 2.45) is 0 Å². The normalized spacial score (nSPS) is 17.0. The lowest BCUT2D eigenvalue weighted by molar-refractivity contribution is -0.132. The topological polar surface area (TPSA) is 76.1 Å². The Kier molecular flexibility index (Phi) is 7.44. The Morgan fingerprint density at radius 3 is 2.14 bits per heavy atom. The van der Waals surface area contributed by atoms with Crippen LogP contribution >= 0.6 is 0 Å². The third kappa shape index (κ3) is 4.85. The van der Waals surface area contributed by atoms with Gasteiger partial charge in [-0.1, -0.05) is 44.2 Å². The Balaban J connectivity index is 1.87. The monoisotopic (exact) mass is 485 g/mol. The van der Waals surface area contributed by atoms with E-state index in [-0.39, 0.29) is 11.3 Å². The lowest BCUT2D eigenvalue weighted by atomic mass is 9.93. The average molecular weight is 486 g/mol. The van der Waals surface area contributed by atoms with Crippen LogP contribution in [0.2, 0.25) is 0 Å². The summed E-state index contributed by atoms with van der Waals surface area (Å²) < 4.78 is 11.1. The first-order valence-corrected chi connectivity index (χ1v) is 12.2. The molecule has 0 bridgehead atoms. The first-order valence-electron chi connectivity index (χ1n) is 12.2. The summed E-state index contributed by atoms with van der Waals surface area (Å²) in [6.07, 6.45) is 0. The molecule has 36 heavy (non-hydrogen) atoms. The number of aliphatic hydroxyl groups is 1. The number of Topliss-reactive ketones (excluding diaryl/α,β-unsaturated/α-hetero) is 1. The van der Waals surface area contributed by atoms with Crippen molar-refractivity contribution in [3.8, 4) is 11.5 Å². The Morgan fingerprint density at radius 1 is 0.889 bits per heavy atom. The summed E-state index contributed by atoms with van der Waals surface area (Å²) in [4.78, 5) is 28.2. The molecule has 6 heteroatoms. The van der Waals surface area contributed by atoms with Crippen LogP contribution in [0.3, 0.4) is 0 Å². The van der Waals surface area contributed by atoms with Crippen LogP contribution in [0.25, 0.3) is 5.76 Å². The average Bonchev–Trinajstić information content (AvgIpc) is 3.15. The van der Waals surface area contributed by atoms with E-state index in [0.717, 1.165) is 11.1 Å². The van der Waals surface area contributed by atoms with E-state index in [1.165, 1.54) is 4.90 Å². The number of hydrogen-bond donors (Lipinski definition) is 1. The van der Waals surface area contributed by atoms with E-state index >= 15 is 0 Å². The third-order valence-electron chi connectivity index (χ3n) is 6.21. The van der Waals surface area contributed by atoms with Gasteiger partial charge in [0.15, 0.2) is 0 Å². The molecule has 1 fully saturated rings. The quantitative estimate of drug-likeness (QED) is 0.232. The van der Waals surface area contributed by atoms with Gasteiger partial charge in [-0.05, 0) is 67.3 Å². The number of hydrogen-bond acceptors (Lipinski definition) is 5. The molecule has 3 aromatic carbocycles. The third-order valence-corrected chi connectivity index (χ3v) is 6.21. The Morgan fingerprint density at radius 2 is 1.53 bits per heavy atom. The zero-order valence-electron chi connectivity index (χ0n) is 21.0. The number of aliphatic hydroxyl groups excluding tert-OH is 1. The van der Waals surface area contributed by atoms with Gasteiger partial charge in [0.2, 0.25) is 0 Å². The van der Waals surface area contributed by atoms with Gasteiger partial charge in [0, 0.05) is 17.3 Å². The van der Waals surface area contributed by atoms with E-state index in [0.29, 0.717) is 41.9 Å². The maximum absolute atomic E-state index is 13.4. The van der Waals surface area contributed by atoms with Crippen molar-refractivity contribution in [3.05, 3.63) is 95.1 Å². The lowest BCUT2D eigenvalue weighted by Gasteiger charge is -2.26. The molecule has 0 radical (unpaired) electrons. The molecule has 0 spiro atoms. The maximum atomic E-state index is 13.4. The van der Waals surface area contributed by atoms with E-state index in [2.05, 4.69) is 13.8 Å². The molecule has 1 aliphatic heterocycles. The van der Waals surface area contributed by atoms with Gasteiger partial charge in [-0.3, -0.25) is 14.5 Å². The van der Waals surface area contributed by atoms with Gasteiger partial charge in [0.1, 0.15) is 17.3 Å². The van der Waals surface area contributed by atoms with Crippen molar-refractivity contribution >= 4 is 23.1 Å². The number of carbonyl (C=O) groups is 2. The standard InChI is InChI=1S/C30H31NO5/c1-5-35-24-16-14-22(15-17-24)28(32)26-27(21-12-10-20(11-13-21)19(3)4)31(30(34)29(26)33)23-8-7-9-25(18-23)36-6-2/h7-19,27,32H,5-6H2,1-4H3/b28-26+. The number of carbonyl (C=O) groups excluding carboxylic acids is 2. The van der Waals surface area contributed by atoms with Crippen LogP contribution in [-0.4, -0.2) is 30.0 Å². The molecule has 1 saturated heterocycles. The number of ketones is 1. The molecule has 1 atom stereocenters. The second-order valence-corrected chi connectivity index (χ2v) is 8.88. The molecular weight excluding hydrogens is 454 g/mol. The summed E-state index contributed by atoms with van der Waals surface area (Å²) in [6, 6.07) is 20.9. The molecule has 1 N–H and O–H groups in total. The fourth-order valence-electron chi connectivity index (χ4n) is 4.40. The van der Waals surface area contributed by atoms with Crippen LogP contribution in [0, 0.1) is 0 Å². The highest BCUT2D eigenvalue weighted by atomic mass is 16.5. The molecule has 0 aliphatic carbocycles. The van der Waals surface area contributed by atoms with Gasteiger partial charge in [-0.2, -0.15) is 0 Å². The molecule has 186 valence electrons. The van der Waals surface area contributed by atoms with E-state index in [1.54, 1.807) is 48.5 Å². The molecule has 1 aliphatic rings. The number of ether oxygens (including phenoxy) is 2. The van der Waals surface area contributed by atoms with Crippen LogP contribution in [-0.2, 0) is 9.59 Å². The summed E-state index contributed by atoms with van der Waals surface area (Å²) in [5, 5.41) is 11.3. The fraction of sp³-hybridized carbons (Fsp3) is 0.267. The van der Waals surface area contributed by atoms with Crippen molar-refractivity contribution in [2.75, 3.05) is 18.1 Å². The fourth-order valence-corrected chi connectivity index (χ4v) is 4.40. The van der Waals surface area contributed by atoms with Crippen molar-refractivity contribution in [2.45, 2.75) is 39.7 Å². The molecule has 4 rings (SSSR count). The van der Waals surface area contributed by atoms with E-state index < -0.39 is 17.7 Å². The van der Waals surface area contributed by atoms with Crippen molar-refractivity contribution < 1.29 is 24.2 Å². The Labute approximate surface area is 211 Å². The zero-order valence-corrected chi connectivity index (χ0v) is 21.0. The van der Waals surface area contributed by atoms with E-state index in [4.69, 9.17) is 9.47 Å². The molecule has 1 amide bonds. The molecule has 3 aromatic rings. The van der Waals surface area contributed by atoms with Crippen LogP contribution in [0.1, 0.15) is 56.3 Å². The molecule has 6 nitrogen and oxygen atoms in total. The molecule has 0 saturated carbocycles. The van der Waals surface area contributed by atoms with Crippen molar-refractivity contribution in [1.29, 1.82) is 0 Å². The number of anilines is 1. The second-order valence-electron chi connectivity index (χ2n) is 8.88. The van der Waals surface area contributed by atoms with Crippen LogP contribution in [0.15, 0.2) is 78.4 Å². The predicted molar refractivity (Wildman–Crippen MR) is 141 cm³/mol. The highest BCUT2D eigenvalue weighted by Crippen LogP contribution is 2.43. The molecule has 1 heterocycles. The minimum atomic E-state index is -0.797. The largest absolute Gasteiger partial charge is 0.507 e. The van der Waals surface area contributed by atoms with Crippen molar-refractivity contribution in [3.63, 3.8) is 0 Å². The minimum Gasteiger partial charge on any atom is -0.507 e. The number of amides is 1. The van der Waals surface area contributed by atoms with Crippen LogP contribution in [0.4, 0.5) is 5.69 Å². The number of benzene rings is 3. The van der Waals surface area contributed by atoms with Gasteiger partial charge in [-0.15, -0.1) is 0 Å². The smallest absolute Gasteiger partial charge is 0.300 e. The lowest BCUT2D eigenvalue weighted by Crippen LogP contribution is -2.29. The molecule has 1 unspecified atom stereocenters. The van der Waals surface area contributed by atoms with Crippen LogP contribution in [0.5, 0.6) is 11.5 Å². The maximum Gasteiger partial charge on any atom is 0.300 e. The summed E-state index contributed by atoms with van der Waals surface area (Å²) in [5.74, 6) is -0.0782. The van der Waals surface area contributed by atoms with Gasteiger partial charge in [0.25, 0.3) is 11.7 Å². The molecule has 0 aromatic heterocycles. The Hall–Kier alpha value is -4.06. The minimum absolute atomic E-state index is 0.0447. The summed E-state index contributed by atoms with van der Waals surface area (Å²) in [7, 11) is 0. The summed E-state index contributed by atoms with van der Waals surface area (Å²) in [6.45, 7) is 8.97. The van der Waals surface area contributed by atoms with E-state index in [1.807, 2.05) is 38.1 Å². The second kappa shape index (κ2) is 10.7.